The first-order valence-corrected chi connectivity index (χ1v) is 3.77. The van der Waals surface area contributed by atoms with E-state index in [1.54, 1.807) is 29.0 Å². The predicted molar refractivity (Wildman–Crippen MR) is 48.2 cm³/mol. The maximum absolute atomic E-state index is 11.2. The number of nitrogens with zero attached hydrogens (tertiary/aromatic N) is 1. The molecule has 0 unspecified atom stereocenters. The number of ketones is 1. The Morgan fingerprint density at radius 2 is 2.31 bits per heavy atom. The Hall–Kier alpha value is -1.84. The Balaban J connectivity index is 2.99. The first kappa shape index (κ1) is 9.25. The molecule has 1 amide bonds. The Morgan fingerprint density at radius 1 is 1.62 bits per heavy atom. The SMILES string of the molecule is C=CCn1cccc1C(=O)C(N)=O. The minimum atomic E-state index is -0.941. The smallest absolute Gasteiger partial charge is 0.291 e. The second kappa shape index (κ2) is 3.71. The molecule has 0 saturated heterocycles. The van der Waals surface area contributed by atoms with Gasteiger partial charge in [0.15, 0.2) is 0 Å². The van der Waals surface area contributed by atoms with Gasteiger partial charge in [-0.25, -0.2) is 0 Å². The van der Waals surface area contributed by atoms with Crippen LogP contribution in [0.2, 0.25) is 0 Å². The molecule has 13 heavy (non-hydrogen) atoms. The molecule has 1 aromatic rings. The number of hydrogen-bond acceptors (Lipinski definition) is 2. The summed E-state index contributed by atoms with van der Waals surface area (Å²) in [6.07, 6.45) is 3.33. The van der Waals surface area contributed by atoms with Crippen molar-refractivity contribution >= 4 is 11.7 Å². The van der Waals surface area contributed by atoms with E-state index < -0.39 is 11.7 Å². The molecule has 1 heterocycles. The van der Waals surface area contributed by atoms with Gasteiger partial charge in [0.1, 0.15) is 0 Å². The lowest BCUT2D eigenvalue weighted by Crippen LogP contribution is -2.25. The number of primary amides is 1. The second-order valence-electron chi connectivity index (χ2n) is 2.53. The predicted octanol–water partition coefficient (Wildman–Crippen LogP) is 0.342. The van der Waals surface area contributed by atoms with Gasteiger partial charge in [-0.3, -0.25) is 9.59 Å². The van der Waals surface area contributed by atoms with Gasteiger partial charge in [-0.1, -0.05) is 6.08 Å². The van der Waals surface area contributed by atoms with E-state index in [0.717, 1.165) is 0 Å². The van der Waals surface area contributed by atoms with Crippen molar-refractivity contribution in [2.75, 3.05) is 0 Å². The van der Waals surface area contributed by atoms with Crippen LogP contribution in [0.4, 0.5) is 0 Å². The van der Waals surface area contributed by atoms with Crippen LogP contribution < -0.4 is 5.73 Å². The molecule has 0 aliphatic rings. The lowest BCUT2D eigenvalue weighted by Gasteiger charge is -2.02. The molecule has 0 bridgehead atoms. The molecule has 2 N–H and O–H groups in total. The van der Waals surface area contributed by atoms with Crippen LogP contribution in [0.3, 0.4) is 0 Å². The van der Waals surface area contributed by atoms with Gasteiger partial charge >= 0.3 is 0 Å². The molecular formula is C9H10N2O2. The minimum Gasteiger partial charge on any atom is -0.363 e. The number of hydrogen-bond donors (Lipinski definition) is 1. The van der Waals surface area contributed by atoms with Crippen LogP contribution in [0.25, 0.3) is 0 Å². The highest BCUT2D eigenvalue weighted by Crippen LogP contribution is 2.03. The van der Waals surface area contributed by atoms with Crippen molar-refractivity contribution in [3.63, 3.8) is 0 Å². The van der Waals surface area contributed by atoms with Crippen molar-refractivity contribution in [3.05, 3.63) is 36.7 Å². The first-order valence-electron chi connectivity index (χ1n) is 3.77. The maximum Gasteiger partial charge on any atom is 0.291 e. The van der Waals surface area contributed by atoms with Crippen LogP contribution in [0.1, 0.15) is 10.5 Å². The number of carbonyl (C=O) groups excluding carboxylic acids is 2. The standard InChI is InChI=1S/C9H10N2O2/c1-2-5-11-6-3-4-7(11)8(12)9(10)13/h2-4,6H,1,5H2,(H2,10,13). The highest BCUT2D eigenvalue weighted by atomic mass is 16.2. The van der Waals surface area contributed by atoms with Gasteiger partial charge in [-0.15, -0.1) is 6.58 Å². The zero-order chi connectivity index (χ0) is 9.84. The molecule has 0 radical (unpaired) electrons. The van der Waals surface area contributed by atoms with Crippen molar-refractivity contribution in [1.82, 2.24) is 4.57 Å². The molecule has 1 rings (SSSR count). The van der Waals surface area contributed by atoms with Crippen LogP contribution in [-0.2, 0) is 11.3 Å². The van der Waals surface area contributed by atoms with Gasteiger partial charge in [0.05, 0.1) is 5.69 Å². The number of rotatable bonds is 4. The molecule has 1 aromatic heterocycles. The number of carbonyl (C=O) groups is 2. The zero-order valence-electron chi connectivity index (χ0n) is 7.06. The van der Waals surface area contributed by atoms with Crippen LogP contribution in [0.15, 0.2) is 31.0 Å². The largest absolute Gasteiger partial charge is 0.363 e. The Morgan fingerprint density at radius 3 is 2.85 bits per heavy atom. The fourth-order valence-electron chi connectivity index (χ4n) is 1.04. The molecule has 4 nitrogen and oxygen atoms in total. The monoisotopic (exact) mass is 178 g/mol. The molecule has 0 spiro atoms. The highest BCUT2D eigenvalue weighted by Gasteiger charge is 2.15. The number of allylic oxidation sites excluding steroid dienone is 1. The maximum atomic E-state index is 11.2. The third kappa shape index (κ3) is 1.84. The Bertz CT molecular complexity index is 352. The summed E-state index contributed by atoms with van der Waals surface area (Å²) in [4.78, 5) is 21.8. The second-order valence-corrected chi connectivity index (χ2v) is 2.53. The zero-order valence-corrected chi connectivity index (χ0v) is 7.06. The van der Waals surface area contributed by atoms with Gasteiger partial charge in [-0.2, -0.15) is 0 Å². The topological polar surface area (TPSA) is 65.1 Å². The molecule has 0 aliphatic carbocycles. The number of Topliss-reactive ketones (excluding diaryl/α,β-unsaturated/α-hetero) is 1. The van der Waals surface area contributed by atoms with E-state index in [1.165, 1.54) is 0 Å². The van der Waals surface area contributed by atoms with E-state index in [2.05, 4.69) is 6.58 Å². The summed E-state index contributed by atoms with van der Waals surface area (Å²) in [5, 5.41) is 0. The average molecular weight is 178 g/mol. The molecular weight excluding hydrogens is 168 g/mol. The van der Waals surface area contributed by atoms with Crippen molar-refractivity contribution < 1.29 is 9.59 Å². The van der Waals surface area contributed by atoms with Gasteiger partial charge in [0.25, 0.3) is 11.7 Å². The summed E-state index contributed by atoms with van der Waals surface area (Å²) in [6, 6.07) is 3.23. The third-order valence-electron chi connectivity index (χ3n) is 1.61. The van der Waals surface area contributed by atoms with Gasteiger partial charge in [0, 0.05) is 12.7 Å². The normalized spacial score (nSPS) is 9.54. The van der Waals surface area contributed by atoms with Crippen LogP contribution in [-0.4, -0.2) is 16.3 Å². The Labute approximate surface area is 75.6 Å². The summed E-state index contributed by atoms with van der Waals surface area (Å²) in [6.45, 7) is 4.02. The molecule has 0 aliphatic heterocycles. The lowest BCUT2D eigenvalue weighted by molar-refractivity contribution is -0.114. The summed E-state index contributed by atoms with van der Waals surface area (Å²) in [7, 11) is 0. The summed E-state index contributed by atoms with van der Waals surface area (Å²) in [5.74, 6) is -1.61. The molecule has 0 atom stereocenters. The third-order valence-corrected chi connectivity index (χ3v) is 1.61. The van der Waals surface area contributed by atoms with Crippen molar-refractivity contribution in [2.45, 2.75) is 6.54 Å². The molecule has 0 saturated carbocycles. The van der Waals surface area contributed by atoms with E-state index in [4.69, 9.17) is 5.73 Å². The fourth-order valence-corrected chi connectivity index (χ4v) is 1.04. The molecule has 68 valence electrons. The highest BCUT2D eigenvalue weighted by molar-refractivity contribution is 6.41. The van der Waals surface area contributed by atoms with Crippen molar-refractivity contribution in [3.8, 4) is 0 Å². The van der Waals surface area contributed by atoms with Crippen molar-refractivity contribution in [1.29, 1.82) is 0 Å². The van der Waals surface area contributed by atoms with Gasteiger partial charge < -0.3 is 10.3 Å². The van der Waals surface area contributed by atoms with E-state index in [-0.39, 0.29) is 0 Å². The van der Waals surface area contributed by atoms with E-state index in [0.29, 0.717) is 12.2 Å². The Kier molecular flexibility index (Phi) is 2.64. The summed E-state index contributed by atoms with van der Waals surface area (Å²) in [5.41, 5.74) is 5.16. The number of aromatic nitrogens is 1. The lowest BCUT2D eigenvalue weighted by atomic mass is 10.3. The van der Waals surface area contributed by atoms with Crippen LogP contribution >= 0.6 is 0 Å². The minimum absolute atomic E-state index is 0.299. The van der Waals surface area contributed by atoms with Gasteiger partial charge in [-0.05, 0) is 12.1 Å². The fraction of sp³-hybridized carbons (Fsp3) is 0.111. The molecule has 4 heteroatoms. The van der Waals surface area contributed by atoms with E-state index in [9.17, 15) is 9.59 Å². The summed E-state index contributed by atoms with van der Waals surface area (Å²) >= 11 is 0. The van der Waals surface area contributed by atoms with Crippen LogP contribution in [0.5, 0.6) is 0 Å². The van der Waals surface area contributed by atoms with Crippen LogP contribution in [0, 0.1) is 0 Å². The first-order chi connectivity index (χ1) is 6.16. The quantitative estimate of drug-likeness (QED) is 0.410. The van der Waals surface area contributed by atoms with E-state index >= 15 is 0 Å². The number of amides is 1. The molecule has 0 aromatic carbocycles. The summed E-state index contributed by atoms with van der Waals surface area (Å²) < 4.78 is 1.61. The van der Waals surface area contributed by atoms with E-state index in [1.807, 2.05) is 0 Å². The average Bonchev–Trinajstić information content (AvgIpc) is 2.52. The van der Waals surface area contributed by atoms with Crippen molar-refractivity contribution in [2.24, 2.45) is 5.73 Å². The number of nitrogens with two attached hydrogens (primary N) is 1. The molecule has 0 fully saturated rings. The van der Waals surface area contributed by atoms with Gasteiger partial charge in [0.2, 0.25) is 0 Å².